The van der Waals surface area contributed by atoms with Crippen LogP contribution in [0.25, 0.3) is 6.08 Å². The number of nitrogens with one attached hydrogen (secondary N) is 1. The molecule has 0 amide bonds. The number of carbonyl (C=O) groups excluding carboxylic acids is 1. The van der Waals surface area contributed by atoms with Crippen LogP contribution in [0.1, 0.15) is 0 Å². The van der Waals surface area contributed by atoms with Gasteiger partial charge in [-0.05, 0) is 6.07 Å². The predicted molar refractivity (Wildman–Crippen MR) is 42.2 cm³/mol. The van der Waals surface area contributed by atoms with Crippen LogP contribution in [0.2, 0.25) is 0 Å². The van der Waals surface area contributed by atoms with Crippen LogP contribution in [0.3, 0.4) is 0 Å². The first-order valence-corrected chi connectivity index (χ1v) is 3.41. The molecule has 4 nitrogen and oxygen atoms in total. The molecule has 1 aromatic heterocycles. The van der Waals surface area contributed by atoms with Crippen LogP contribution in [0.15, 0.2) is 23.5 Å². The molecule has 4 heteroatoms. The summed E-state index contributed by atoms with van der Waals surface area (Å²) in [7, 11) is 0. The summed E-state index contributed by atoms with van der Waals surface area (Å²) in [6, 6.07) is 1.67. The van der Waals surface area contributed by atoms with Crippen molar-refractivity contribution in [2.75, 3.05) is 0 Å². The smallest absolute Gasteiger partial charge is 0.223 e. The van der Waals surface area contributed by atoms with Crippen molar-refractivity contribution in [3.63, 3.8) is 0 Å². The number of ketones is 1. The molecule has 0 saturated heterocycles. The normalized spacial score (nSPS) is 14.7. The molecule has 1 aliphatic heterocycles. The Morgan fingerprint density at radius 1 is 1.42 bits per heavy atom. The van der Waals surface area contributed by atoms with Crippen molar-refractivity contribution in [2.45, 2.75) is 0 Å². The second kappa shape index (κ2) is 2.34. The molecular formula is C8H5N3O. The highest BCUT2D eigenvalue weighted by atomic mass is 16.1. The quantitative estimate of drug-likeness (QED) is 0.530. The highest BCUT2D eigenvalue weighted by molar-refractivity contribution is 6.49. The van der Waals surface area contributed by atoms with Crippen molar-refractivity contribution in [3.8, 4) is 0 Å². The van der Waals surface area contributed by atoms with Crippen LogP contribution >= 0.6 is 0 Å². The first-order valence-electron chi connectivity index (χ1n) is 3.41. The Labute approximate surface area is 67.8 Å². The van der Waals surface area contributed by atoms with E-state index in [0.29, 0.717) is 10.6 Å². The summed E-state index contributed by atoms with van der Waals surface area (Å²) in [6.45, 7) is 0. The lowest BCUT2D eigenvalue weighted by molar-refractivity contribution is -0.107. The maximum absolute atomic E-state index is 11.0. The molecule has 0 aliphatic carbocycles. The van der Waals surface area contributed by atoms with Crippen molar-refractivity contribution in [2.24, 2.45) is 4.99 Å². The zero-order valence-corrected chi connectivity index (χ0v) is 6.11. The number of hydrogen-bond acceptors (Lipinski definition) is 3. The second-order valence-electron chi connectivity index (χ2n) is 2.40. The molecule has 0 saturated carbocycles. The molecule has 0 radical (unpaired) electrons. The van der Waals surface area contributed by atoms with Gasteiger partial charge in [-0.15, -0.1) is 0 Å². The van der Waals surface area contributed by atoms with E-state index in [-0.39, 0.29) is 11.6 Å². The van der Waals surface area contributed by atoms with Gasteiger partial charge in [0, 0.05) is 23.7 Å². The number of fused-ring (bicyclic) bond motifs is 1. The van der Waals surface area contributed by atoms with Crippen molar-refractivity contribution >= 4 is 17.7 Å². The number of aromatic nitrogens is 1. The minimum atomic E-state index is -0.365. The van der Waals surface area contributed by atoms with Gasteiger partial charge in [0.05, 0.1) is 5.36 Å². The Morgan fingerprint density at radius 2 is 2.25 bits per heavy atom. The van der Waals surface area contributed by atoms with Gasteiger partial charge in [-0.3, -0.25) is 15.2 Å². The SMILES string of the molecule is N=C1N=c2ccncc2=CC1=O. The van der Waals surface area contributed by atoms with Crippen LogP contribution in [0.4, 0.5) is 0 Å². The minimum Gasteiger partial charge on any atom is -0.286 e. The van der Waals surface area contributed by atoms with Crippen molar-refractivity contribution in [3.05, 3.63) is 29.0 Å². The molecule has 58 valence electrons. The lowest BCUT2D eigenvalue weighted by Gasteiger charge is -1.97. The summed E-state index contributed by atoms with van der Waals surface area (Å²) < 4.78 is 0. The van der Waals surface area contributed by atoms with Crippen LogP contribution in [-0.4, -0.2) is 16.6 Å². The molecule has 1 aliphatic rings. The Kier molecular flexibility index (Phi) is 1.33. The van der Waals surface area contributed by atoms with Gasteiger partial charge in [0.15, 0.2) is 5.84 Å². The molecule has 0 aromatic carbocycles. The van der Waals surface area contributed by atoms with Crippen molar-refractivity contribution in [1.29, 1.82) is 5.41 Å². The fourth-order valence-electron chi connectivity index (χ4n) is 0.997. The molecule has 0 spiro atoms. The van der Waals surface area contributed by atoms with E-state index < -0.39 is 0 Å². The Morgan fingerprint density at radius 3 is 3.08 bits per heavy atom. The number of hydrogen-bond donors (Lipinski definition) is 1. The number of nitrogens with zero attached hydrogens (tertiary/aromatic N) is 2. The summed E-state index contributed by atoms with van der Waals surface area (Å²) in [5, 5.41) is 8.47. The number of pyridine rings is 1. The Bertz CT molecular complexity index is 430. The molecule has 0 atom stereocenters. The topological polar surface area (TPSA) is 66.2 Å². The number of rotatable bonds is 0. The van der Waals surface area contributed by atoms with Crippen LogP contribution in [-0.2, 0) is 4.79 Å². The van der Waals surface area contributed by atoms with E-state index in [4.69, 9.17) is 5.41 Å². The van der Waals surface area contributed by atoms with Crippen LogP contribution in [0, 0.1) is 5.41 Å². The van der Waals surface area contributed by atoms with E-state index in [2.05, 4.69) is 9.98 Å². The second-order valence-corrected chi connectivity index (χ2v) is 2.40. The first kappa shape index (κ1) is 6.84. The zero-order chi connectivity index (χ0) is 8.55. The van der Waals surface area contributed by atoms with E-state index in [1.807, 2.05) is 0 Å². The van der Waals surface area contributed by atoms with E-state index >= 15 is 0 Å². The highest BCUT2D eigenvalue weighted by Gasteiger charge is 2.08. The van der Waals surface area contributed by atoms with Gasteiger partial charge < -0.3 is 0 Å². The van der Waals surface area contributed by atoms with Gasteiger partial charge in [0.2, 0.25) is 5.78 Å². The monoisotopic (exact) mass is 159 g/mol. The maximum atomic E-state index is 11.0. The third kappa shape index (κ3) is 0.934. The lowest BCUT2D eigenvalue weighted by atomic mass is 10.2. The van der Waals surface area contributed by atoms with Crippen molar-refractivity contribution in [1.82, 2.24) is 4.98 Å². The van der Waals surface area contributed by atoms with Gasteiger partial charge in [-0.1, -0.05) is 0 Å². The van der Waals surface area contributed by atoms with Crippen molar-refractivity contribution < 1.29 is 4.79 Å². The largest absolute Gasteiger partial charge is 0.286 e. The van der Waals surface area contributed by atoms with E-state index in [1.54, 1.807) is 18.5 Å². The Balaban J connectivity index is 2.87. The van der Waals surface area contributed by atoms with Crippen LogP contribution < -0.4 is 10.6 Å². The number of Topliss-reactive ketones (excluding diaryl/α,β-unsaturated/α-hetero) is 1. The Hall–Kier alpha value is -1.84. The highest BCUT2D eigenvalue weighted by Crippen LogP contribution is 1.84. The lowest BCUT2D eigenvalue weighted by Crippen LogP contribution is -2.33. The predicted octanol–water partition coefficient (Wildman–Crippen LogP) is -0.958. The van der Waals surface area contributed by atoms with Crippen LogP contribution in [0.5, 0.6) is 0 Å². The van der Waals surface area contributed by atoms with Gasteiger partial charge in [-0.25, -0.2) is 4.99 Å². The molecule has 0 fully saturated rings. The van der Waals surface area contributed by atoms with Gasteiger partial charge in [0.1, 0.15) is 0 Å². The number of amidine groups is 1. The average Bonchev–Trinajstić information content (AvgIpc) is 2.07. The average molecular weight is 159 g/mol. The summed E-state index contributed by atoms with van der Waals surface area (Å²) >= 11 is 0. The third-order valence-electron chi connectivity index (χ3n) is 1.58. The summed E-state index contributed by atoms with van der Waals surface area (Å²) in [4.78, 5) is 18.6. The number of carbonyl (C=O) groups is 1. The molecule has 0 bridgehead atoms. The van der Waals surface area contributed by atoms with E-state index in [0.717, 1.165) is 0 Å². The minimum absolute atomic E-state index is 0.214. The molecule has 1 N–H and O–H groups in total. The standard InChI is InChI=1S/C8H5N3O/c9-8-7(12)3-5-4-10-2-1-6(5)11-8/h1-4,9H. The van der Waals surface area contributed by atoms with Gasteiger partial charge >= 0.3 is 0 Å². The van der Waals surface area contributed by atoms with Gasteiger partial charge in [0.25, 0.3) is 0 Å². The molecule has 1 aromatic rings. The fourth-order valence-corrected chi connectivity index (χ4v) is 0.997. The van der Waals surface area contributed by atoms with Gasteiger partial charge in [-0.2, -0.15) is 0 Å². The first-order chi connectivity index (χ1) is 5.77. The summed E-state index contributed by atoms with van der Waals surface area (Å²) in [5.41, 5.74) is 0. The summed E-state index contributed by atoms with van der Waals surface area (Å²) in [5.74, 6) is -0.579. The maximum Gasteiger partial charge on any atom is 0.223 e. The summed E-state index contributed by atoms with van der Waals surface area (Å²) in [6.07, 6.45) is 4.51. The van der Waals surface area contributed by atoms with E-state index in [9.17, 15) is 4.79 Å². The molecular weight excluding hydrogens is 154 g/mol. The van der Waals surface area contributed by atoms with E-state index in [1.165, 1.54) is 6.08 Å². The molecule has 2 rings (SSSR count). The molecule has 12 heavy (non-hydrogen) atoms. The zero-order valence-electron chi connectivity index (χ0n) is 6.11. The molecule has 0 unspecified atom stereocenters. The fraction of sp³-hybridized carbons (Fsp3) is 0. The third-order valence-corrected chi connectivity index (χ3v) is 1.58. The molecule has 2 heterocycles.